The molecule has 0 saturated carbocycles. The highest BCUT2D eigenvalue weighted by Crippen LogP contribution is 2.15. The van der Waals surface area contributed by atoms with E-state index in [1.807, 2.05) is 43.1 Å². The summed E-state index contributed by atoms with van der Waals surface area (Å²) in [5, 5.41) is 3.34. The van der Waals surface area contributed by atoms with Crippen molar-refractivity contribution in [3.05, 3.63) is 35.4 Å². The predicted octanol–water partition coefficient (Wildman–Crippen LogP) is 2.24. The maximum Gasteiger partial charge on any atom is 0.254 e. The molecule has 2 rings (SSSR count). The SMILES string of the molecule is Cc1ccccc1C(=O)N(C)C1CCCNC1.Cl. The maximum atomic E-state index is 12.4. The van der Waals surface area contributed by atoms with E-state index in [0.717, 1.165) is 37.1 Å². The second kappa shape index (κ2) is 6.76. The molecule has 1 amide bonds. The monoisotopic (exact) mass is 268 g/mol. The molecule has 1 unspecified atom stereocenters. The first-order valence-electron chi connectivity index (χ1n) is 6.23. The molecule has 3 nitrogen and oxygen atoms in total. The van der Waals surface area contributed by atoms with Crippen LogP contribution in [-0.2, 0) is 0 Å². The molecule has 4 heteroatoms. The van der Waals surface area contributed by atoms with Crippen molar-refractivity contribution in [2.24, 2.45) is 0 Å². The molecule has 0 aromatic heterocycles. The van der Waals surface area contributed by atoms with Gasteiger partial charge in [-0.3, -0.25) is 4.79 Å². The lowest BCUT2D eigenvalue weighted by molar-refractivity contribution is 0.0707. The van der Waals surface area contributed by atoms with Crippen molar-refractivity contribution < 1.29 is 4.79 Å². The lowest BCUT2D eigenvalue weighted by Gasteiger charge is -2.32. The number of amides is 1. The average molecular weight is 269 g/mol. The third-order valence-electron chi connectivity index (χ3n) is 3.51. The molecule has 1 aromatic rings. The second-order valence-electron chi connectivity index (χ2n) is 4.73. The number of benzene rings is 1. The van der Waals surface area contributed by atoms with Crippen molar-refractivity contribution in [3.63, 3.8) is 0 Å². The number of likely N-dealkylation sites (N-methyl/N-ethyl adjacent to an activating group) is 1. The Hall–Kier alpha value is -1.06. The van der Waals surface area contributed by atoms with Gasteiger partial charge in [0, 0.05) is 25.2 Å². The lowest BCUT2D eigenvalue weighted by Crippen LogP contribution is -2.46. The van der Waals surface area contributed by atoms with Crippen LogP contribution in [0.4, 0.5) is 0 Å². The minimum absolute atomic E-state index is 0. The fourth-order valence-electron chi connectivity index (χ4n) is 2.33. The van der Waals surface area contributed by atoms with E-state index in [1.54, 1.807) is 0 Å². The summed E-state index contributed by atoms with van der Waals surface area (Å²) in [7, 11) is 1.91. The fourth-order valence-corrected chi connectivity index (χ4v) is 2.33. The number of aryl methyl sites for hydroxylation is 1. The molecule has 1 aliphatic rings. The summed E-state index contributed by atoms with van der Waals surface area (Å²) in [6.07, 6.45) is 2.25. The van der Waals surface area contributed by atoms with Crippen LogP contribution in [0.3, 0.4) is 0 Å². The highest BCUT2D eigenvalue weighted by molar-refractivity contribution is 5.95. The Morgan fingerprint density at radius 2 is 2.11 bits per heavy atom. The van der Waals surface area contributed by atoms with Crippen LogP contribution < -0.4 is 5.32 Å². The molecule has 0 spiro atoms. The van der Waals surface area contributed by atoms with Crippen molar-refractivity contribution in [1.29, 1.82) is 0 Å². The number of carbonyl (C=O) groups is 1. The Balaban J connectivity index is 0.00000162. The Kier molecular flexibility index (Phi) is 5.63. The molecule has 1 saturated heterocycles. The van der Waals surface area contributed by atoms with Crippen LogP contribution >= 0.6 is 12.4 Å². The van der Waals surface area contributed by atoms with Gasteiger partial charge in [-0.15, -0.1) is 12.4 Å². The molecule has 18 heavy (non-hydrogen) atoms. The van der Waals surface area contributed by atoms with Crippen LogP contribution in [0.1, 0.15) is 28.8 Å². The largest absolute Gasteiger partial charge is 0.337 e. The van der Waals surface area contributed by atoms with Crippen molar-refractivity contribution in [2.45, 2.75) is 25.8 Å². The number of piperidine rings is 1. The van der Waals surface area contributed by atoms with Crippen LogP contribution in [0.5, 0.6) is 0 Å². The third kappa shape index (κ3) is 3.24. The molecule has 1 heterocycles. The van der Waals surface area contributed by atoms with E-state index in [9.17, 15) is 4.79 Å². The smallest absolute Gasteiger partial charge is 0.254 e. The highest BCUT2D eigenvalue weighted by Gasteiger charge is 2.23. The molecular formula is C14H21ClN2O. The van der Waals surface area contributed by atoms with Crippen molar-refractivity contribution in [3.8, 4) is 0 Å². The lowest BCUT2D eigenvalue weighted by atomic mass is 10.0. The van der Waals surface area contributed by atoms with Gasteiger partial charge in [0.15, 0.2) is 0 Å². The summed E-state index contributed by atoms with van der Waals surface area (Å²) in [6.45, 7) is 3.97. The average Bonchev–Trinajstić information content (AvgIpc) is 2.39. The highest BCUT2D eigenvalue weighted by atomic mass is 35.5. The second-order valence-corrected chi connectivity index (χ2v) is 4.73. The Morgan fingerprint density at radius 1 is 1.39 bits per heavy atom. The Labute approximate surface area is 115 Å². The molecule has 1 aliphatic heterocycles. The van der Waals surface area contributed by atoms with Gasteiger partial charge in [0.25, 0.3) is 5.91 Å². The first kappa shape index (κ1) is 15.0. The van der Waals surface area contributed by atoms with Gasteiger partial charge in [-0.05, 0) is 37.9 Å². The number of hydrogen-bond donors (Lipinski definition) is 1. The first-order chi connectivity index (χ1) is 8.20. The Bertz CT molecular complexity index is 403. The van der Waals surface area contributed by atoms with Crippen molar-refractivity contribution in [1.82, 2.24) is 10.2 Å². The standard InChI is InChI=1S/C14H20N2O.ClH/c1-11-6-3-4-8-13(11)14(17)16(2)12-7-5-9-15-10-12;/h3-4,6,8,12,15H,5,7,9-10H2,1-2H3;1H. The molecule has 100 valence electrons. The zero-order chi connectivity index (χ0) is 12.3. The fraction of sp³-hybridized carbons (Fsp3) is 0.500. The van der Waals surface area contributed by atoms with E-state index in [2.05, 4.69) is 5.32 Å². The number of carbonyl (C=O) groups excluding carboxylic acids is 1. The van der Waals surface area contributed by atoms with Gasteiger partial charge in [-0.25, -0.2) is 0 Å². The van der Waals surface area contributed by atoms with Gasteiger partial charge in [0.1, 0.15) is 0 Å². The molecule has 1 N–H and O–H groups in total. The molecule has 0 aliphatic carbocycles. The van der Waals surface area contributed by atoms with Gasteiger partial charge < -0.3 is 10.2 Å². The first-order valence-corrected chi connectivity index (χ1v) is 6.23. The van der Waals surface area contributed by atoms with Crippen LogP contribution in [-0.4, -0.2) is 37.0 Å². The van der Waals surface area contributed by atoms with Gasteiger partial charge in [-0.2, -0.15) is 0 Å². The van der Waals surface area contributed by atoms with Crippen LogP contribution in [0.25, 0.3) is 0 Å². The van der Waals surface area contributed by atoms with Gasteiger partial charge in [0.2, 0.25) is 0 Å². The normalized spacial score (nSPS) is 18.9. The molecule has 1 aromatic carbocycles. The van der Waals surface area contributed by atoms with Crippen molar-refractivity contribution in [2.75, 3.05) is 20.1 Å². The van der Waals surface area contributed by atoms with Gasteiger partial charge >= 0.3 is 0 Å². The van der Waals surface area contributed by atoms with Crippen molar-refractivity contribution >= 4 is 18.3 Å². The van der Waals surface area contributed by atoms with Gasteiger partial charge in [-0.1, -0.05) is 18.2 Å². The van der Waals surface area contributed by atoms with E-state index < -0.39 is 0 Å². The summed E-state index contributed by atoms with van der Waals surface area (Å²) in [4.78, 5) is 14.2. The van der Waals surface area contributed by atoms with E-state index >= 15 is 0 Å². The van der Waals surface area contributed by atoms with E-state index in [4.69, 9.17) is 0 Å². The predicted molar refractivity (Wildman–Crippen MR) is 76.4 cm³/mol. The van der Waals surface area contributed by atoms with E-state index in [-0.39, 0.29) is 18.3 Å². The summed E-state index contributed by atoms with van der Waals surface area (Å²) < 4.78 is 0. The summed E-state index contributed by atoms with van der Waals surface area (Å²) >= 11 is 0. The number of hydrogen-bond acceptors (Lipinski definition) is 2. The zero-order valence-electron chi connectivity index (χ0n) is 11.0. The molecule has 1 atom stereocenters. The minimum Gasteiger partial charge on any atom is -0.337 e. The minimum atomic E-state index is 0. The molecule has 0 radical (unpaired) electrons. The van der Waals surface area contributed by atoms with Crippen LogP contribution in [0.15, 0.2) is 24.3 Å². The summed E-state index contributed by atoms with van der Waals surface area (Å²) in [6, 6.07) is 8.11. The number of halogens is 1. The van der Waals surface area contributed by atoms with Crippen LogP contribution in [0.2, 0.25) is 0 Å². The zero-order valence-corrected chi connectivity index (χ0v) is 11.8. The molecular weight excluding hydrogens is 248 g/mol. The number of rotatable bonds is 2. The molecule has 1 fully saturated rings. The molecule has 0 bridgehead atoms. The van der Waals surface area contributed by atoms with E-state index in [1.165, 1.54) is 0 Å². The number of nitrogens with zero attached hydrogens (tertiary/aromatic N) is 1. The van der Waals surface area contributed by atoms with E-state index in [0.29, 0.717) is 6.04 Å². The quantitative estimate of drug-likeness (QED) is 0.892. The summed E-state index contributed by atoms with van der Waals surface area (Å²) in [5.41, 5.74) is 1.87. The van der Waals surface area contributed by atoms with Gasteiger partial charge in [0.05, 0.1) is 0 Å². The maximum absolute atomic E-state index is 12.4. The summed E-state index contributed by atoms with van der Waals surface area (Å²) in [5.74, 6) is 0.136. The topological polar surface area (TPSA) is 32.3 Å². The Morgan fingerprint density at radius 3 is 2.72 bits per heavy atom. The van der Waals surface area contributed by atoms with Crippen LogP contribution in [0, 0.1) is 6.92 Å². The third-order valence-corrected chi connectivity index (χ3v) is 3.51. The number of nitrogens with one attached hydrogen (secondary N) is 1.